The standard InChI is InChI=1S/C45H49NO3/c1-28-19-21-36(41-31-14-11-25-46(3)43(31)49-42(28)41)44(2)24-23-35-40(27-44)48-38-18-10-8-16-33(38)45(35)32-15-7-9-17-37(32)47-39-26-30(20-22-34(39)45)29-12-5-4-6-13-29/h5,7-12,14-18,20,22-24,28-30,32,34,36-37,39H,4,6,13,19,21,25-27H2,1-3H3. The average molecular weight is 652 g/mol. The van der Waals surface area contributed by atoms with Gasteiger partial charge in [-0.15, -0.1) is 0 Å². The normalized spacial score (nSPS) is 39.5. The number of hydrogen-bond donors (Lipinski definition) is 0. The molecule has 0 saturated carbocycles. The largest absolute Gasteiger partial charge is 0.461 e. The zero-order valence-electron chi connectivity index (χ0n) is 29.2. The molecule has 0 bridgehead atoms. The van der Waals surface area contributed by atoms with Gasteiger partial charge in [-0.25, -0.2) is 0 Å². The molecule has 1 aromatic heterocycles. The number of furan rings is 1. The van der Waals surface area contributed by atoms with Crippen LogP contribution in [0.5, 0.6) is 5.75 Å². The molecular weight excluding hydrogens is 602 g/mol. The Labute approximate surface area is 291 Å². The number of allylic oxidation sites excluding steroid dienone is 9. The zero-order chi connectivity index (χ0) is 32.9. The topological polar surface area (TPSA) is 34.8 Å². The summed E-state index contributed by atoms with van der Waals surface area (Å²) in [5.74, 6) is 6.75. The fraction of sp³-hybridized carbons (Fsp3) is 0.467. The van der Waals surface area contributed by atoms with E-state index in [2.05, 4.69) is 123 Å². The highest BCUT2D eigenvalue weighted by atomic mass is 16.5. The number of anilines is 1. The second-order valence-corrected chi connectivity index (χ2v) is 16.5. The lowest BCUT2D eigenvalue weighted by atomic mass is 9.49. The van der Waals surface area contributed by atoms with Gasteiger partial charge in [0.2, 0.25) is 5.88 Å². The minimum atomic E-state index is -0.271. The molecule has 0 N–H and O–H groups in total. The van der Waals surface area contributed by atoms with Crippen LogP contribution in [-0.4, -0.2) is 25.8 Å². The summed E-state index contributed by atoms with van der Waals surface area (Å²) < 4.78 is 21.0. The van der Waals surface area contributed by atoms with Gasteiger partial charge >= 0.3 is 0 Å². The maximum absolute atomic E-state index is 7.15. The number of benzene rings is 1. The van der Waals surface area contributed by atoms with Crippen LogP contribution in [0.15, 0.2) is 107 Å². The first kappa shape index (κ1) is 30.1. The van der Waals surface area contributed by atoms with Crippen molar-refractivity contribution < 1.29 is 13.9 Å². The van der Waals surface area contributed by atoms with Crippen LogP contribution >= 0.6 is 0 Å². The predicted octanol–water partition coefficient (Wildman–Crippen LogP) is 10.3. The van der Waals surface area contributed by atoms with E-state index in [9.17, 15) is 0 Å². The first-order chi connectivity index (χ1) is 24.0. The van der Waals surface area contributed by atoms with E-state index in [-0.39, 0.29) is 34.9 Å². The Hall–Kier alpha value is -3.76. The molecule has 10 atom stereocenters. The summed E-state index contributed by atoms with van der Waals surface area (Å²) in [7, 11) is 2.15. The van der Waals surface area contributed by atoms with Crippen molar-refractivity contribution in [3.8, 4) is 5.75 Å². The lowest BCUT2D eigenvalue weighted by molar-refractivity contribution is -0.118. The van der Waals surface area contributed by atoms with E-state index >= 15 is 0 Å². The van der Waals surface area contributed by atoms with Crippen LogP contribution in [0.1, 0.15) is 93.1 Å². The molecule has 5 aliphatic carbocycles. The van der Waals surface area contributed by atoms with Crippen molar-refractivity contribution in [3.05, 3.63) is 125 Å². The Bertz CT molecular complexity index is 1900. The SMILES string of the molecule is CC1CCC(C2(C)C=CC3=C(C2)Oc2ccccc2C32C3C=CC=CC3OC3CC(C4C=CCCC4)C=CC32)c2c1oc1c2C=CCN1C. The average Bonchev–Trinajstić information content (AvgIpc) is 3.53. The van der Waals surface area contributed by atoms with Crippen molar-refractivity contribution >= 4 is 12.0 Å². The lowest BCUT2D eigenvalue weighted by Gasteiger charge is -2.59. The van der Waals surface area contributed by atoms with Gasteiger partial charge in [-0.05, 0) is 67.8 Å². The van der Waals surface area contributed by atoms with Crippen LogP contribution in [-0.2, 0) is 10.2 Å². The second-order valence-electron chi connectivity index (χ2n) is 16.5. The highest BCUT2D eigenvalue weighted by Crippen LogP contribution is 2.64. The summed E-state index contributed by atoms with van der Waals surface area (Å²) >= 11 is 0. The van der Waals surface area contributed by atoms with Crippen LogP contribution in [0.2, 0.25) is 0 Å². The molecule has 10 unspecified atom stereocenters. The number of ether oxygens (including phenoxy) is 2. The monoisotopic (exact) mass is 651 g/mol. The number of para-hydroxylation sites is 1. The molecule has 8 aliphatic rings. The molecule has 1 aromatic carbocycles. The van der Waals surface area contributed by atoms with Gasteiger partial charge in [0, 0.05) is 65.4 Å². The van der Waals surface area contributed by atoms with Gasteiger partial charge in [0.1, 0.15) is 17.3 Å². The third-order valence-corrected chi connectivity index (χ3v) is 13.7. The Morgan fingerprint density at radius 3 is 2.69 bits per heavy atom. The molecule has 1 saturated heterocycles. The van der Waals surface area contributed by atoms with E-state index in [1.807, 2.05) is 0 Å². The maximum atomic E-state index is 7.15. The van der Waals surface area contributed by atoms with Gasteiger partial charge in [-0.3, -0.25) is 0 Å². The molecule has 0 radical (unpaired) electrons. The number of hydrogen-bond acceptors (Lipinski definition) is 4. The van der Waals surface area contributed by atoms with Gasteiger partial charge in [0.05, 0.1) is 12.2 Å². The van der Waals surface area contributed by atoms with E-state index in [1.165, 1.54) is 47.3 Å². The summed E-state index contributed by atoms with van der Waals surface area (Å²) in [5, 5.41) is 0. The number of likely N-dealkylation sites (N-methyl/N-ethyl adjacent to an activating group) is 1. The molecule has 0 amide bonds. The van der Waals surface area contributed by atoms with E-state index in [1.54, 1.807) is 0 Å². The highest BCUT2D eigenvalue weighted by molar-refractivity contribution is 5.72. The molecule has 4 heterocycles. The summed E-state index contributed by atoms with van der Waals surface area (Å²) in [6.07, 6.45) is 37.2. The minimum Gasteiger partial charge on any atom is -0.461 e. The van der Waals surface area contributed by atoms with Crippen molar-refractivity contribution in [2.24, 2.45) is 29.1 Å². The second kappa shape index (κ2) is 11.1. The minimum absolute atomic E-state index is 0.0329. The van der Waals surface area contributed by atoms with Crippen molar-refractivity contribution in [1.29, 1.82) is 0 Å². The smallest absolute Gasteiger partial charge is 0.203 e. The molecule has 4 nitrogen and oxygen atoms in total. The van der Waals surface area contributed by atoms with Crippen LogP contribution in [0.4, 0.5) is 5.88 Å². The van der Waals surface area contributed by atoms with Gasteiger partial charge in [-0.2, -0.15) is 0 Å². The Kier molecular flexibility index (Phi) is 6.83. The molecule has 1 spiro atoms. The Balaban J connectivity index is 1.11. The van der Waals surface area contributed by atoms with Gasteiger partial charge < -0.3 is 18.8 Å². The first-order valence-electron chi connectivity index (χ1n) is 19.1. The Morgan fingerprint density at radius 2 is 1.80 bits per heavy atom. The van der Waals surface area contributed by atoms with Crippen LogP contribution in [0.25, 0.3) is 6.08 Å². The lowest BCUT2D eigenvalue weighted by Crippen LogP contribution is -2.60. The fourth-order valence-electron chi connectivity index (χ4n) is 11.4. The number of fused-ring (bicyclic) bond motifs is 10. The first-order valence-corrected chi connectivity index (χ1v) is 19.1. The third kappa shape index (κ3) is 4.32. The summed E-state index contributed by atoms with van der Waals surface area (Å²) in [4.78, 5) is 2.26. The molecule has 4 heteroatoms. The third-order valence-electron chi connectivity index (χ3n) is 13.7. The van der Waals surface area contributed by atoms with E-state index < -0.39 is 0 Å². The molecular formula is C45H49NO3. The summed E-state index contributed by atoms with van der Waals surface area (Å²) in [6.45, 7) is 5.71. The zero-order valence-corrected chi connectivity index (χ0v) is 29.2. The molecule has 1 fully saturated rings. The van der Waals surface area contributed by atoms with E-state index in [4.69, 9.17) is 13.9 Å². The van der Waals surface area contributed by atoms with Crippen molar-refractivity contribution in [2.45, 2.75) is 88.3 Å². The van der Waals surface area contributed by atoms with Gasteiger partial charge in [0.15, 0.2) is 0 Å². The number of rotatable bonds is 2. The van der Waals surface area contributed by atoms with Crippen LogP contribution in [0, 0.1) is 29.1 Å². The van der Waals surface area contributed by atoms with E-state index in [0.29, 0.717) is 23.7 Å². The summed E-state index contributed by atoms with van der Waals surface area (Å²) in [5.41, 5.74) is 5.05. The van der Waals surface area contributed by atoms with Crippen LogP contribution < -0.4 is 9.64 Å². The quantitative estimate of drug-likeness (QED) is 0.303. The van der Waals surface area contributed by atoms with Crippen LogP contribution in [0.3, 0.4) is 0 Å². The highest BCUT2D eigenvalue weighted by Gasteiger charge is 2.61. The molecule has 49 heavy (non-hydrogen) atoms. The van der Waals surface area contributed by atoms with Crippen molar-refractivity contribution in [3.63, 3.8) is 0 Å². The Morgan fingerprint density at radius 1 is 0.898 bits per heavy atom. The van der Waals surface area contributed by atoms with Gasteiger partial charge in [-0.1, -0.05) is 105 Å². The predicted molar refractivity (Wildman–Crippen MR) is 197 cm³/mol. The van der Waals surface area contributed by atoms with Gasteiger partial charge in [0.25, 0.3) is 0 Å². The molecule has 2 aromatic rings. The number of nitrogens with zero attached hydrogens (tertiary/aromatic N) is 1. The van der Waals surface area contributed by atoms with E-state index in [0.717, 1.165) is 49.6 Å². The summed E-state index contributed by atoms with van der Waals surface area (Å²) in [6, 6.07) is 8.94. The fourth-order valence-corrected chi connectivity index (χ4v) is 11.4. The van der Waals surface area contributed by atoms with Crippen molar-refractivity contribution in [1.82, 2.24) is 0 Å². The maximum Gasteiger partial charge on any atom is 0.203 e. The van der Waals surface area contributed by atoms with Crippen molar-refractivity contribution in [2.75, 3.05) is 18.5 Å². The molecule has 252 valence electrons. The molecule has 3 aliphatic heterocycles. The molecule has 10 rings (SSSR count).